The highest BCUT2D eigenvalue weighted by molar-refractivity contribution is 4.99. The van der Waals surface area contributed by atoms with Crippen LogP contribution < -0.4 is 5.69 Å². The van der Waals surface area contributed by atoms with Gasteiger partial charge in [-0.15, -0.1) is 0 Å². The molecule has 0 N–H and O–H groups in total. The Bertz CT molecular complexity index is 277. The Morgan fingerprint density at radius 2 is 2.40 bits per heavy atom. The molecular weight excluding hydrogens is 128 g/mol. The van der Waals surface area contributed by atoms with Gasteiger partial charge in [0, 0.05) is 18.9 Å². The van der Waals surface area contributed by atoms with Crippen LogP contribution >= 0.6 is 0 Å². The zero-order valence-corrected chi connectivity index (χ0v) is 6.16. The first-order chi connectivity index (χ1) is 4.75. The van der Waals surface area contributed by atoms with E-state index in [0.29, 0.717) is 0 Å². The molecule has 0 fully saturated rings. The van der Waals surface area contributed by atoms with Crippen LogP contribution in [0, 0.1) is 0 Å². The Balaban J connectivity index is 3.28. The Labute approximate surface area is 59.3 Å². The second-order valence-electron chi connectivity index (χ2n) is 2.13. The van der Waals surface area contributed by atoms with E-state index in [1.165, 1.54) is 0 Å². The molecule has 3 nitrogen and oxygen atoms in total. The van der Waals surface area contributed by atoms with E-state index in [4.69, 9.17) is 0 Å². The van der Waals surface area contributed by atoms with Crippen LogP contribution in [0.25, 0.3) is 0 Å². The lowest BCUT2D eigenvalue weighted by Crippen LogP contribution is -2.21. The molecule has 0 bridgehead atoms. The maximum absolute atomic E-state index is 10.9. The summed E-state index contributed by atoms with van der Waals surface area (Å²) < 4.78 is 1.56. The first-order valence-corrected chi connectivity index (χ1v) is 3.26. The van der Waals surface area contributed by atoms with Crippen molar-refractivity contribution in [1.29, 1.82) is 0 Å². The molecule has 0 spiro atoms. The Morgan fingerprint density at radius 3 is 2.90 bits per heavy atom. The van der Waals surface area contributed by atoms with Crippen molar-refractivity contribution in [3.8, 4) is 0 Å². The van der Waals surface area contributed by atoms with Crippen molar-refractivity contribution in [3.63, 3.8) is 0 Å². The van der Waals surface area contributed by atoms with Gasteiger partial charge in [-0.25, -0.2) is 9.78 Å². The number of rotatable bonds is 1. The summed E-state index contributed by atoms with van der Waals surface area (Å²) >= 11 is 0. The number of hydrogen-bond acceptors (Lipinski definition) is 2. The third kappa shape index (κ3) is 1.07. The highest BCUT2D eigenvalue weighted by atomic mass is 16.1. The van der Waals surface area contributed by atoms with Crippen LogP contribution in [0.4, 0.5) is 0 Å². The van der Waals surface area contributed by atoms with Crippen LogP contribution in [0.15, 0.2) is 17.1 Å². The lowest BCUT2D eigenvalue weighted by atomic mass is 10.3. The molecule has 0 atom stereocenters. The van der Waals surface area contributed by atoms with Gasteiger partial charge in [-0.1, -0.05) is 6.92 Å². The summed E-state index contributed by atoms with van der Waals surface area (Å²) in [6.07, 6.45) is 2.41. The molecule has 0 radical (unpaired) electrons. The minimum absolute atomic E-state index is 0.181. The molecule has 0 saturated carbocycles. The topological polar surface area (TPSA) is 34.9 Å². The van der Waals surface area contributed by atoms with E-state index >= 15 is 0 Å². The summed E-state index contributed by atoms with van der Waals surface area (Å²) in [6, 6.07) is 1.85. The molecule has 0 aliphatic carbocycles. The first kappa shape index (κ1) is 6.99. The maximum atomic E-state index is 10.9. The molecule has 54 valence electrons. The normalized spacial score (nSPS) is 9.80. The Hall–Kier alpha value is -1.12. The number of aromatic nitrogens is 2. The third-order valence-electron chi connectivity index (χ3n) is 1.53. The summed E-state index contributed by atoms with van der Waals surface area (Å²) in [7, 11) is 1.73. The molecule has 0 saturated heterocycles. The molecule has 1 heterocycles. The van der Waals surface area contributed by atoms with Crippen molar-refractivity contribution in [2.24, 2.45) is 7.05 Å². The lowest BCUT2D eigenvalue weighted by Gasteiger charge is -2.01. The Morgan fingerprint density at radius 1 is 1.70 bits per heavy atom. The molecule has 0 aromatic carbocycles. The van der Waals surface area contributed by atoms with Crippen molar-refractivity contribution >= 4 is 0 Å². The molecule has 0 amide bonds. The average molecular weight is 138 g/mol. The van der Waals surface area contributed by atoms with E-state index in [9.17, 15) is 4.79 Å². The monoisotopic (exact) mass is 138 g/mol. The van der Waals surface area contributed by atoms with E-state index < -0.39 is 0 Å². The van der Waals surface area contributed by atoms with Crippen LogP contribution in [-0.2, 0) is 13.5 Å². The summed E-state index contributed by atoms with van der Waals surface area (Å²) in [5.41, 5.74) is 0.833. The van der Waals surface area contributed by atoms with Crippen molar-refractivity contribution < 1.29 is 0 Å². The van der Waals surface area contributed by atoms with Crippen LogP contribution in [0.3, 0.4) is 0 Å². The van der Waals surface area contributed by atoms with E-state index in [1.807, 2.05) is 13.0 Å². The van der Waals surface area contributed by atoms with E-state index in [-0.39, 0.29) is 5.69 Å². The smallest absolute Gasteiger partial charge is 0.299 e. The maximum Gasteiger partial charge on any atom is 0.347 e. The zero-order chi connectivity index (χ0) is 7.56. The molecule has 0 unspecified atom stereocenters. The van der Waals surface area contributed by atoms with Gasteiger partial charge >= 0.3 is 5.69 Å². The number of nitrogens with zero attached hydrogens (tertiary/aromatic N) is 2. The van der Waals surface area contributed by atoms with Crippen LogP contribution in [0.2, 0.25) is 0 Å². The molecule has 1 rings (SSSR count). The van der Waals surface area contributed by atoms with Crippen LogP contribution in [-0.4, -0.2) is 9.55 Å². The van der Waals surface area contributed by atoms with Gasteiger partial charge in [0.05, 0.1) is 0 Å². The molecule has 10 heavy (non-hydrogen) atoms. The highest BCUT2D eigenvalue weighted by Crippen LogP contribution is 1.91. The van der Waals surface area contributed by atoms with Gasteiger partial charge in [0.2, 0.25) is 0 Å². The van der Waals surface area contributed by atoms with Gasteiger partial charge in [0.25, 0.3) is 0 Å². The van der Waals surface area contributed by atoms with Gasteiger partial charge in [-0.05, 0) is 12.5 Å². The van der Waals surface area contributed by atoms with E-state index in [1.54, 1.807) is 17.8 Å². The minimum Gasteiger partial charge on any atom is -0.299 e. The highest BCUT2D eigenvalue weighted by Gasteiger charge is 1.94. The van der Waals surface area contributed by atoms with Gasteiger partial charge < -0.3 is 0 Å². The van der Waals surface area contributed by atoms with Crippen molar-refractivity contribution in [1.82, 2.24) is 9.55 Å². The predicted molar refractivity (Wildman–Crippen MR) is 38.9 cm³/mol. The van der Waals surface area contributed by atoms with Crippen molar-refractivity contribution in [3.05, 3.63) is 28.4 Å². The third-order valence-corrected chi connectivity index (χ3v) is 1.53. The van der Waals surface area contributed by atoms with Crippen molar-refractivity contribution in [2.75, 3.05) is 0 Å². The molecular formula is C7H10N2O. The quantitative estimate of drug-likeness (QED) is 0.561. The van der Waals surface area contributed by atoms with Gasteiger partial charge in [-0.2, -0.15) is 0 Å². The van der Waals surface area contributed by atoms with E-state index in [0.717, 1.165) is 12.1 Å². The fraction of sp³-hybridized carbons (Fsp3) is 0.429. The first-order valence-electron chi connectivity index (χ1n) is 3.26. The largest absolute Gasteiger partial charge is 0.347 e. The predicted octanol–water partition coefficient (Wildman–Crippen LogP) is 0.343. The standard InChI is InChI=1S/C7H10N2O/c1-3-6-4-5-8-7(10)9(6)2/h4-5H,3H2,1-2H3. The molecule has 1 aromatic heterocycles. The molecule has 1 aromatic rings. The molecule has 3 heteroatoms. The summed E-state index contributed by atoms with van der Waals surface area (Å²) in [5, 5.41) is 0. The fourth-order valence-corrected chi connectivity index (χ4v) is 0.863. The van der Waals surface area contributed by atoms with Gasteiger partial charge in [0.15, 0.2) is 0 Å². The second-order valence-corrected chi connectivity index (χ2v) is 2.13. The molecule has 0 aliphatic rings. The average Bonchev–Trinajstić information content (AvgIpc) is 1.95. The summed E-state index contributed by atoms with van der Waals surface area (Å²) in [4.78, 5) is 14.4. The summed E-state index contributed by atoms with van der Waals surface area (Å²) in [6.45, 7) is 2.01. The fourth-order valence-electron chi connectivity index (χ4n) is 0.863. The number of aryl methyl sites for hydroxylation is 1. The lowest BCUT2D eigenvalue weighted by molar-refractivity contribution is 0.746. The zero-order valence-electron chi connectivity index (χ0n) is 6.16. The van der Waals surface area contributed by atoms with Crippen LogP contribution in [0.1, 0.15) is 12.6 Å². The molecule has 0 aliphatic heterocycles. The number of hydrogen-bond donors (Lipinski definition) is 0. The van der Waals surface area contributed by atoms with Gasteiger partial charge in [0.1, 0.15) is 0 Å². The van der Waals surface area contributed by atoms with Crippen LogP contribution in [0.5, 0.6) is 0 Å². The van der Waals surface area contributed by atoms with Gasteiger partial charge in [-0.3, -0.25) is 4.57 Å². The van der Waals surface area contributed by atoms with E-state index in [2.05, 4.69) is 4.98 Å². The van der Waals surface area contributed by atoms with Crippen molar-refractivity contribution in [2.45, 2.75) is 13.3 Å². The summed E-state index contributed by atoms with van der Waals surface area (Å²) in [5.74, 6) is 0. The SMILES string of the molecule is CCc1ccnc(=O)n1C. The minimum atomic E-state index is -0.181. The Kier molecular flexibility index (Phi) is 1.85. The second kappa shape index (κ2) is 2.64.